The van der Waals surface area contributed by atoms with Crippen LogP contribution in [0, 0.1) is 0 Å². The van der Waals surface area contributed by atoms with Crippen LogP contribution in [0.5, 0.6) is 0 Å². The van der Waals surface area contributed by atoms with Gasteiger partial charge in [-0.25, -0.2) is 4.68 Å². The molecule has 0 saturated heterocycles. The van der Waals surface area contributed by atoms with Crippen LogP contribution in [0.3, 0.4) is 0 Å². The summed E-state index contributed by atoms with van der Waals surface area (Å²) < 4.78 is 1.61. The summed E-state index contributed by atoms with van der Waals surface area (Å²) in [6.07, 6.45) is 2.00. The molecule has 0 bridgehead atoms. The van der Waals surface area contributed by atoms with Crippen molar-refractivity contribution < 1.29 is 0 Å². The predicted molar refractivity (Wildman–Crippen MR) is 74.9 cm³/mol. The summed E-state index contributed by atoms with van der Waals surface area (Å²) in [6, 6.07) is 1.95. The lowest BCUT2D eigenvalue weighted by atomic mass is 10.1. The average Bonchev–Trinajstić information content (AvgIpc) is 2.33. The van der Waals surface area contributed by atoms with Crippen LogP contribution in [-0.2, 0) is 13.1 Å². The first-order chi connectivity index (χ1) is 8.60. The van der Waals surface area contributed by atoms with Crippen LogP contribution in [0.2, 0.25) is 0 Å². The van der Waals surface area contributed by atoms with Gasteiger partial charge in [0.05, 0.1) is 5.69 Å². The minimum atomic E-state index is 0.0462. The van der Waals surface area contributed by atoms with Gasteiger partial charge in [-0.3, -0.25) is 4.79 Å². The molecule has 0 unspecified atom stereocenters. The van der Waals surface area contributed by atoms with Crippen LogP contribution >= 0.6 is 0 Å². The van der Waals surface area contributed by atoms with Gasteiger partial charge in [-0.2, -0.15) is 5.10 Å². The Bertz CT molecular complexity index is 424. The largest absolute Gasteiger partial charge is 0.312 e. The lowest BCUT2D eigenvalue weighted by Crippen LogP contribution is -2.30. The van der Waals surface area contributed by atoms with E-state index in [0.29, 0.717) is 19.0 Å². The number of hydrogen-bond donors (Lipinski definition) is 1. The number of aromatic nitrogens is 2. The van der Waals surface area contributed by atoms with Crippen molar-refractivity contribution in [1.29, 1.82) is 0 Å². The molecule has 1 aromatic rings. The lowest BCUT2D eigenvalue weighted by Gasteiger charge is -2.12. The van der Waals surface area contributed by atoms with Gasteiger partial charge in [-0.1, -0.05) is 27.7 Å². The zero-order chi connectivity index (χ0) is 13.5. The molecule has 0 aromatic carbocycles. The molecule has 0 radical (unpaired) electrons. The van der Waals surface area contributed by atoms with Gasteiger partial charge < -0.3 is 5.32 Å². The maximum atomic E-state index is 12.2. The van der Waals surface area contributed by atoms with Crippen molar-refractivity contribution in [3.8, 4) is 0 Å². The van der Waals surface area contributed by atoms with Gasteiger partial charge in [-0.15, -0.1) is 0 Å². The van der Waals surface area contributed by atoms with Crippen molar-refractivity contribution in [2.45, 2.75) is 59.5 Å². The van der Waals surface area contributed by atoms with Gasteiger partial charge in [0.1, 0.15) is 0 Å². The molecule has 1 aromatic heterocycles. The molecule has 0 amide bonds. The fraction of sp³-hybridized carbons (Fsp3) is 0.714. The molecule has 102 valence electrons. The van der Waals surface area contributed by atoms with Crippen molar-refractivity contribution >= 4 is 0 Å². The molecule has 1 N–H and O–H groups in total. The number of aryl methyl sites for hydroxylation is 1. The second kappa shape index (κ2) is 7.31. The van der Waals surface area contributed by atoms with E-state index in [1.165, 1.54) is 0 Å². The van der Waals surface area contributed by atoms with Crippen LogP contribution in [0.1, 0.15) is 57.7 Å². The van der Waals surface area contributed by atoms with Crippen LogP contribution in [-0.4, -0.2) is 16.3 Å². The molecule has 0 atom stereocenters. The number of hydrogen-bond acceptors (Lipinski definition) is 3. The molecule has 0 aliphatic carbocycles. The van der Waals surface area contributed by atoms with E-state index in [2.05, 4.69) is 38.1 Å². The first-order valence-electron chi connectivity index (χ1n) is 6.91. The Kier molecular flexibility index (Phi) is 6.05. The number of rotatable bonds is 7. The first kappa shape index (κ1) is 14.9. The third kappa shape index (κ3) is 3.95. The van der Waals surface area contributed by atoms with Crippen LogP contribution in [0.4, 0.5) is 0 Å². The van der Waals surface area contributed by atoms with Gasteiger partial charge in [-0.05, 0) is 31.4 Å². The van der Waals surface area contributed by atoms with Gasteiger partial charge in [0.25, 0.3) is 5.56 Å². The normalized spacial score (nSPS) is 11.2. The molecular weight excluding hydrogens is 226 g/mol. The monoisotopic (exact) mass is 251 g/mol. The highest BCUT2D eigenvalue weighted by atomic mass is 16.1. The highest BCUT2D eigenvalue weighted by Crippen LogP contribution is 2.10. The van der Waals surface area contributed by atoms with E-state index in [4.69, 9.17) is 0 Å². The first-order valence-corrected chi connectivity index (χ1v) is 6.91. The third-order valence-corrected chi connectivity index (χ3v) is 2.84. The van der Waals surface area contributed by atoms with Crippen LogP contribution in [0.25, 0.3) is 0 Å². The summed E-state index contributed by atoms with van der Waals surface area (Å²) in [4.78, 5) is 12.2. The Hall–Kier alpha value is -1.16. The zero-order valence-corrected chi connectivity index (χ0v) is 12.0. The Balaban J connectivity index is 3.02. The summed E-state index contributed by atoms with van der Waals surface area (Å²) in [5, 5.41) is 7.71. The predicted octanol–water partition coefficient (Wildman–Crippen LogP) is 2.28. The molecule has 1 heterocycles. The quantitative estimate of drug-likeness (QED) is 0.756. The number of nitrogens with zero attached hydrogens (tertiary/aromatic N) is 2. The average molecular weight is 251 g/mol. The van der Waals surface area contributed by atoms with Crippen LogP contribution in [0.15, 0.2) is 10.9 Å². The van der Waals surface area contributed by atoms with Crippen molar-refractivity contribution in [2.24, 2.45) is 0 Å². The van der Waals surface area contributed by atoms with Crippen LogP contribution < -0.4 is 10.9 Å². The SMILES string of the molecule is CCCNCc1cc(C(C)C)nn(CCC)c1=O. The Morgan fingerprint density at radius 2 is 2.06 bits per heavy atom. The summed E-state index contributed by atoms with van der Waals surface area (Å²) >= 11 is 0. The van der Waals surface area contributed by atoms with Gasteiger partial charge >= 0.3 is 0 Å². The summed E-state index contributed by atoms with van der Waals surface area (Å²) in [5.74, 6) is 0.346. The molecule has 0 aliphatic rings. The molecule has 0 spiro atoms. The van der Waals surface area contributed by atoms with Crippen molar-refractivity contribution in [1.82, 2.24) is 15.1 Å². The molecular formula is C14H25N3O. The standard InChI is InChI=1S/C14H25N3O/c1-5-7-15-10-12-9-13(11(3)4)16-17(8-6-2)14(12)18/h9,11,15H,5-8,10H2,1-4H3. The van der Waals surface area contributed by atoms with E-state index in [1.807, 2.05) is 6.07 Å². The molecule has 0 saturated carbocycles. The van der Waals surface area contributed by atoms with Crippen molar-refractivity contribution in [3.05, 3.63) is 27.7 Å². The minimum Gasteiger partial charge on any atom is -0.312 e. The van der Waals surface area contributed by atoms with E-state index >= 15 is 0 Å². The second-order valence-corrected chi connectivity index (χ2v) is 4.95. The van der Waals surface area contributed by atoms with Gasteiger partial charge in [0.2, 0.25) is 0 Å². The Morgan fingerprint density at radius 3 is 2.61 bits per heavy atom. The Morgan fingerprint density at radius 1 is 1.33 bits per heavy atom. The summed E-state index contributed by atoms with van der Waals surface area (Å²) in [5.41, 5.74) is 1.87. The zero-order valence-electron chi connectivity index (χ0n) is 12.0. The fourth-order valence-electron chi connectivity index (χ4n) is 1.79. The van der Waals surface area contributed by atoms with Crippen molar-refractivity contribution in [2.75, 3.05) is 6.54 Å². The second-order valence-electron chi connectivity index (χ2n) is 4.95. The molecule has 4 heteroatoms. The Labute approximate surface area is 109 Å². The molecule has 1 rings (SSSR count). The third-order valence-electron chi connectivity index (χ3n) is 2.84. The highest BCUT2D eigenvalue weighted by molar-refractivity contribution is 5.16. The summed E-state index contributed by atoms with van der Waals surface area (Å²) in [6.45, 7) is 10.7. The lowest BCUT2D eigenvalue weighted by molar-refractivity contribution is 0.535. The van der Waals surface area contributed by atoms with E-state index in [9.17, 15) is 4.79 Å². The molecule has 0 fully saturated rings. The maximum absolute atomic E-state index is 12.2. The smallest absolute Gasteiger partial charge is 0.271 e. The molecule has 18 heavy (non-hydrogen) atoms. The highest BCUT2D eigenvalue weighted by Gasteiger charge is 2.10. The number of nitrogens with one attached hydrogen (secondary N) is 1. The maximum Gasteiger partial charge on any atom is 0.271 e. The van der Waals surface area contributed by atoms with Gasteiger partial charge in [0.15, 0.2) is 0 Å². The van der Waals surface area contributed by atoms with E-state index in [-0.39, 0.29) is 5.56 Å². The topological polar surface area (TPSA) is 46.9 Å². The fourth-order valence-corrected chi connectivity index (χ4v) is 1.79. The van der Waals surface area contributed by atoms with Crippen molar-refractivity contribution in [3.63, 3.8) is 0 Å². The summed E-state index contributed by atoms with van der Waals surface area (Å²) in [7, 11) is 0. The van der Waals surface area contributed by atoms with Gasteiger partial charge in [0, 0.05) is 18.7 Å². The molecule has 4 nitrogen and oxygen atoms in total. The minimum absolute atomic E-state index is 0.0462. The molecule has 0 aliphatic heterocycles. The van der Waals surface area contributed by atoms with E-state index in [0.717, 1.165) is 30.6 Å². The van der Waals surface area contributed by atoms with E-state index in [1.54, 1.807) is 4.68 Å². The van der Waals surface area contributed by atoms with E-state index < -0.39 is 0 Å².